The van der Waals surface area contributed by atoms with E-state index in [0.29, 0.717) is 5.02 Å². The van der Waals surface area contributed by atoms with E-state index in [9.17, 15) is 0 Å². The first-order valence-electron chi connectivity index (χ1n) is 5.61. The fourth-order valence-corrected chi connectivity index (χ4v) is 3.52. The Morgan fingerprint density at radius 2 is 1.67 bits per heavy atom. The van der Waals surface area contributed by atoms with E-state index in [2.05, 4.69) is 24.3 Å². The average Bonchev–Trinajstić information content (AvgIpc) is 2.38. The zero-order valence-electron chi connectivity index (χ0n) is 9.80. The maximum Gasteiger partial charge on any atom is 0.0467 e. The van der Waals surface area contributed by atoms with Crippen LogP contribution in [-0.4, -0.2) is 11.5 Å². The van der Waals surface area contributed by atoms with Crippen LogP contribution in [0.5, 0.6) is 0 Å². The minimum Gasteiger partial charge on any atom is -0.398 e. The van der Waals surface area contributed by atoms with Crippen LogP contribution in [0.25, 0.3) is 0 Å². The highest BCUT2D eigenvalue weighted by atomic mass is 35.5. The molecule has 0 aliphatic heterocycles. The molecule has 0 unspecified atom stereocenters. The lowest BCUT2D eigenvalue weighted by Crippen LogP contribution is -1.90. The molecule has 0 fully saturated rings. The highest BCUT2D eigenvalue weighted by molar-refractivity contribution is 8.03. The van der Waals surface area contributed by atoms with Crippen LogP contribution < -0.4 is 5.73 Å². The summed E-state index contributed by atoms with van der Waals surface area (Å²) in [6.07, 6.45) is 0. The van der Waals surface area contributed by atoms with Gasteiger partial charge in [0.2, 0.25) is 0 Å². The number of hydrogen-bond donors (Lipinski definition) is 1. The molecule has 0 aliphatic rings. The van der Waals surface area contributed by atoms with Gasteiger partial charge in [-0.1, -0.05) is 29.8 Å². The summed E-state index contributed by atoms with van der Waals surface area (Å²) in [6.45, 7) is 0. The predicted octanol–water partition coefficient (Wildman–Crippen LogP) is 4.81. The van der Waals surface area contributed by atoms with E-state index in [4.69, 9.17) is 17.3 Å². The van der Waals surface area contributed by atoms with Crippen molar-refractivity contribution in [3.63, 3.8) is 0 Å². The number of thioether (sulfide) groups is 2. The predicted molar refractivity (Wildman–Crippen MR) is 83.8 cm³/mol. The third-order valence-electron chi connectivity index (χ3n) is 2.32. The first-order valence-corrected chi connectivity index (χ1v) is 7.96. The van der Waals surface area contributed by atoms with Gasteiger partial charge in [0.05, 0.1) is 0 Å². The van der Waals surface area contributed by atoms with Gasteiger partial charge >= 0.3 is 0 Å². The molecule has 0 bridgehead atoms. The molecule has 2 aromatic carbocycles. The molecule has 0 saturated heterocycles. The molecule has 0 amide bonds. The van der Waals surface area contributed by atoms with Gasteiger partial charge in [0.25, 0.3) is 0 Å². The summed E-state index contributed by atoms with van der Waals surface area (Å²) in [7, 11) is 0. The monoisotopic (exact) mass is 295 g/mol. The smallest absolute Gasteiger partial charge is 0.0467 e. The number of rotatable bonds is 5. The van der Waals surface area contributed by atoms with E-state index in [0.717, 1.165) is 22.1 Å². The van der Waals surface area contributed by atoms with E-state index in [1.54, 1.807) is 17.8 Å². The van der Waals surface area contributed by atoms with Gasteiger partial charge in [-0.3, -0.25) is 0 Å². The van der Waals surface area contributed by atoms with Crippen molar-refractivity contribution in [1.82, 2.24) is 0 Å². The second kappa shape index (κ2) is 6.98. The maximum atomic E-state index is 5.90. The summed E-state index contributed by atoms with van der Waals surface area (Å²) in [5.74, 6) is 2.10. The standard InChI is InChI=1S/C14H14ClNS2/c15-11-6-7-14(13(16)10-11)18-9-8-17-12-4-2-1-3-5-12/h1-7,10H,8-9,16H2. The van der Waals surface area contributed by atoms with E-state index < -0.39 is 0 Å². The summed E-state index contributed by atoms with van der Waals surface area (Å²) in [5, 5.41) is 0.690. The summed E-state index contributed by atoms with van der Waals surface area (Å²) in [4.78, 5) is 2.41. The Bertz CT molecular complexity index is 502. The van der Waals surface area contributed by atoms with Crippen molar-refractivity contribution in [2.24, 2.45) is 0 Å². The molecule has 2 aromatic rings. The van der Waals surface area contributed by atoms with E-state index in [-0.39, 0.29) is 0 Å². The Labute approximate surface area is 121 Å². The molecule has 0 aromatic heterocycles. The van der Waals surface area contributed by atoms with E-state index in [1.807, 2.05) is 30.0 Å². The third kappa shape index (κ3) is 4.16. The fraction of sp³-hybridized carbons (Fsp3) is 0.143. The summed E-state index contributed by atoms with van der Waals surface area (Å²) in [5.41, 5.74) is 6.66. The number of anilines is 1. The lowest BCUT2D eigenvalue weighted by molar-refractivity contribution is 1.41. The summed E-state index contributed by atoms with van der Waals surface area (Å²) < 4.78 is 0. The van der Waals surface area contributed by atoms with Crippen molar-refractivity contribution < 1.29 is 0 Å². The number of halogens is 1. The van der Waals surface area contributed by atoms with E-state index >= 15 is 0 Å². The molecule has 0 saturated carbocycles. The number of hydrogen-bond acceptors (Lipinski definition) is 3. The molecule has 18 heavy (non-hydrogen) atoms. The zero-order valence-corrected chi connectivity index (χ0v) is 12.2. The van der Waals surface area contributed by atoms with Gasteiger partial charge < -0.3 is 5.73 Å². The largest absolute Gasteiger partial charge is 0.398 e. The zero-order chi connectivity index (χ0) is 12.8. The molecule has 0 spiro atoms. The molecule has 94 valence electrons. The second-order valence-corrected chi connectivity index (χ2v) is 6.43. The van der Waals surface area contributed by atoms with Crippen LogP contribution in [0.3, 0.4) is 0 Å². The quantitative estimate of drug-likeness (QED) is 0.487. The Kier molecular flexibility index (Phi) is 5.29. The van der Waals surface area contributed by atoms with Gasteiger partial charge in [-0.05, 0) is 30.3 Å². The van der Waals surface area contributed by atoms with Crippen LogP contribution in [0.4, 0.5) is 5.69 Å². The summed E-state index contributed by atoms with van der Waals surface area (Å²) in [6, 6.07) is 16.1. The SMILES string of the molecule is Nc1cc(Cl)ccc1SCCSc1ccccc1. The van der Waals surface area contributed by atoms with Gasteiger partial charge in [0, 0.05) is 32.0 Å². The van der Waals surface area contributed by atoms with Gasteiger partial charge in [-0.25, -0.2) is 0 Å². The van der Waals surface area contributed by atoms with Crippen LogP contribution >= 0.6 is 35.1 Å². The molecule has 1 nitrogen and oxygen atoms in total. The van der Waals surface area contributed by atoms with Crippen molar-refractivity contribution in [3.8, 4) is 0 Å². The molecular weight excluding hydrogens is 282 g/mol. The third-order valence-corrected chi connectivity index (χ3v) is 4.92. The molecule has 4 heteroatoms. The van der Waals surface area contributed by atoms with Crippen molar-refractivity contribution in [2.45, 2.75) is 9.79 Å². The second-order valence-electron chi connectivity index (χ2n) is 3.69. The number of benzene rings is 2. The van der Waals surface area contributed by atoms with Crippen LogP contribution in [0.15, 0.2) is 58.3 Å². The molecule has 2 N–H and O–H groups in total. The Hall–Kier alpha value is -0.770. The topological polar surface area (TPSA) is 26.0 Å². The molecule has 0 radical (unpaired) electrons. The minimum atomic E-state index is 0.690. The van der Waals surface area contributed by atoms with Crippen molar-refractivity contribution in [3.05, 3.63) is 53.6 Å². The fourth-order valence-electron chi connectivity index (χ4n) is 1.48. The molecule has 0 heterocycles. The van der Waals surface area contributed by atoms with Crippen LogP contribution in [-0.2, 0) is 0 Å². The van der Waals surface area contributed by atoms with Gasteiger partial charge in [-0.15, -0.1) is 23.5 Å². The Morgan fingerprint density at radius 1 is 0.944 bits per heavy atom. The lowest BCUT2D eigenvalue weighted by Gasteiger charge is -2.05. The van der Waals surface area contributed by atoms with Gasteiger partial charge in [0.15, 0.2) is 0 Å². The number of nitrogens with two attached hydrogens (primary N) is 1. The average molecular weight is 296 g/mol. The van der Waals surface area contributed by atoms with Crippen LogP contribution in [0.2, 0.25) is 5.02 Å². The van der Waals surface area contributed by atoms with Crippen molar-refractivity contribution in [2.75, 3.05) is 17.2 Å². The molecule has 0 aliphatic carbocycles. The first-order chi connectivity index (χ1) is 8.75. The normalized spacial score (nSPS) is 10.5. The van der Waals surface area contributed by atoms with Gasteiger partial charge in [0.1, 0.15) is 0 Å². The highest BCUT2D eigenvalue weighted by Crippen LogP contribution is 2.29. The molecule has 0 atom stereocenters. The van der Waals surface area contributed by atoms with Crippen molar-refractivity contribution in [1.29, 1.82) is 0 Å². The highest BCUT2D eigenvalue weighted by Gasteiger charge is 2.01. The van der Waals surface area contributed by atoms with Crippen molar-refractivity contribution >= 4 is 40.8 Å². The summed E-state index contributed by atoms with van der Waals surface area (Å²) >= 11 is 9.50. The Morgan fingerprint density at radius 3 is 2.39 bits per heavy atom. The van der Waals surface area contributed by atoms with Crippen LogP contribution in [0.1, 0.15) is 0 Å². The molecular formula is C14H14ClNS2. The first kappa shape index (κ1) is 13.7. The van der Waals surface area contributed by atoms with Gasteiger partial charge in [-0.2, -0.15) is 0 Å². The number of nitrogen functional groups attached to an aromatic ring is 1. The maximum absolute atomic E-state index is 5.90. The molecule has 2 rings (SSSR count). The Balaban J connectivity index is 1.79. The minimum absolute atomic E-state index is 0.690. The van der Waals surface area contributed by atoms with E-state index in [1.165, 1.54) is 4.90 Å². The lowest BCUT2D eigenvalue weighted by atomic mass is 10.3. The van der Waals surface area contributed by atoms with Crippen LogP contribution in [0, 0.1) is 0 Å².